The molecule has 4 N–H and O–H groups in total. The first-order valence-corrected chi connectivity index (χ1v) is 12.3. The SMILES string of the molecule is O=C1OC2(c3ccc(N(CCO)CCO)cc3Oc3cc(N(CCO)CCO)ccc32)c2ccccc21. The molecule has 0 saturated heterocycles. The van der Waals surface area contributed by atoms with Gasteiger partial charge in [0.15, 0.2) is 5.60 Å². The molecule has 9 nitrogen and oxygen atoms in total. The fourth-order valence-electron chi connectivity index (χ4n) is 5.27. The molecular formula is C28H30N2O7. The summed E-state index contributed by atoms with van der Waals surface area (Å²) in [6.45, 7) is 1.02. The van der Waals surface area contributed by atoms with Gasteiger partial charge in [-0.3, -0.25) is 0 Å². The lowest BCUT2D eigenvalue weighted by atomic mass is 9.77. The Labute approximate surface area is 214 Å². The number of ether oxygens (including phenoxy) is 2. The second kappa shape index (κ2) is 10.4. The van der Waals surface area contributed by atoms with E-state index in [9.17, 15) is 25.2 Å². The summed E-state index contributed by atoms with van der Waals surface area (Å²) in [4.78, 5) is 16.8. The minimum Gasteiger partial charge on any atom is -0.456 e. The number of hydrogen-bond acceptors (Lipinski definition) is 9. The van der Waals surface area contributed by atoms with Crippen molar-refractivity contribution in [1.82, 2.24) is 0 Å². The van der Waals surface area contributed by atoms with Crippen LogP contribution in [-0.4, -0.2) is 79.0 Å². The molecule has 0 amide bonds. The van der Waals surface area contributed by atoms with Crippen molar-refractivity contribution in [2.45, 2.75) is 5.60 Å². The summed E-state index contributed by atoms with van der Waals surface area (Å²) in [5.74, 6) is 0.554. The van der Waals surface area contributed by atoms with Crippen LogP contribution in [0.1, 0.15) is 27.0 Å². The van der Waals surface area contributed by atoms with Gasteiger partial charge in [0.05, 0.1) is 32.0 Å². The first-order valence-electron chi connectivity index (χ1n) is 12.3. The molecule has 0 aliphatic carbocycles. The van der Waals surface area contributed by atoms with Gasteiger partial charge in [-0.1, -0.05) is 18.2 Å². The number of esters is 1. The van der Waals surface area contributed by atoms with Gasteiger partial charge in [0, 0.05) is 66.4 Å². The van der Waals surface area contributed by atoms with Gasteiger partial charge in [-0.15, -0.1) is 0 Å². The first kappa shape index (κ1) is 25.0. The van der Waals surface area contributed by atoms with Gasteiger partial charge in [-0.2, -0.15) is 0 Å². The molecule has 9 heteroatoms. The van der Waals surface area contributed by atoms with Crippen molar-refractivity contribution < 1.29 is 34.7 Å². The molecule has 2 aliphatic heterocycles. The monoisotopic (exact) mass is 506 g/mol. The number of benzene rings is 3. The second-order valence-corrected chi connectivity index (χ2v) is 8.95. The number of hydrogen-bond donors (Lipinski definition) is 4. The molecule has 0 saturated carbocycles. The van der Waals surface area contributed by atoms with Gasteiger partial charge in [0.2, 0.25) is 0 Å². The lowest BCUT2D eigenvalue weighted by Gasteiger charge is -2.38. The molecule has 0 fully saturated rings. The van der Waals surface area contributed by atoms with E-state index < -0.39 is 11.6 Å². The molecule has 0 radical (unpaired) electrons. The van der Waals surface area contributed by atoms with Crippen molar-refractivity contribution >= 4 is 17.3 Å². The quantitative estimate of drug-likeness (QED) is 0.305. The van der Waals surface area contributed by atoms with Gasteiger partial charge >= 0.3 is 5.97 Å². The van der Waals surface area contributed by atoms with Crippen molar-refractivity contribution in [1.29, 1.82) is 0 Å². The minimum atomic E-state index is -1.22. The predicted octanol–water partition coefficient (Wildman–Crippen LogP) is 1.84. The predicted molar refractivity (Wildman–Crippen MR) is 137 cm³/mol. The fourth-order valence-corrected chi connectivity index (χ4v) is 5.27. The Kier molecular flexibility index (Phi) is 7.03. The summed E-state index contributed by atoms with van der Waals surface area (Å²) >= 11 is 0. The lowest BCUT2D eigenvalue weighted by molar-refractivity contribution is 0.0224. The molecule has 2 heterocycles. The Morgan fingerprint density at radius 3 is 1.62 bits per heavy atom. The summed E-state index contributed by atoms with van der Waals surface area (Å²) in [7, 11) is 0. The molecule has 3 aromatic rings. The second-order valence-electron chi connectivity index (χ2n) is 8.95. The Balaban J connectivity index is 1.70. The van der Waals surface area contributed by atoms with Crippen LogP contribution in [0.3, 0.4) is 0 Å². The van der Waals surface area contributed by atoms with Crippen LogP contribution >= 0.6 is 0 Å². The Morgan fingerprint density at radius 2 is 1.14 bits per heavy atom. The molecule has 0 unspecified atom stereocenters. The molecule has 1 spiro atoms. The highest BCUT2D eigenvalue weighted by Crippen LogP contribution is 2.57. The number of carbonyl (C=O) groups is 1. The Hall–Kier alpha value is -3.63. The number of anilines is 2. The van der Waals surface area contributed by atoms with Crippen molar-refractivity contribution in [2.75, 3.05) is 62.4 Å². The zero-order valence-electron chi connectivity index (χ0n) is 20.3. The highest BCUT2D eigenvalue weighted by molar-refractivity contribution is 5.97. The highest BCUT2D eigenvalue weighted by atomic mass is 16.6. The average molecular weight is 507 g/mol. The summed E-state index contributed by atoms with van der Waals surface area (Å²) in [6.07, 6.45) is 0. The summed E-state index contributed by atoms with van der Waals surface area (Å²) in [5.41, 5.74) is 2.82. The third kappa shape index (κ3) is 4.19. The molecule has 2 aliphatic rings. The van der Waals surface area contributed by atoms with E-state index >= 15 is 0 Å². The van der Waals surface area contributed by atoms with Crippen LogP contribution in [0.2, 0.25) is 0 Å². The van der Waals surface area contributed by atoms with Gasteiger partial charge in [0.25, 0.3) is 0 Å². The molecular weight excluding hydrogens is 476 g/mol. The summed E-state index contributed by atoms with van der Waals surface area (Å²) < 4.78 is 12.6. The fraction of sp³-hybridized carbons (Fsp3) is 0.321. The molecule has 0 bridgehead atoms. The van der Waals surface area contributed by atoms with Crippen molar-refractivity contribution in [3.05, 3.63) is 82.9 Å². The third-order valence-corrected chi connectivity index (χ3v) is 6.89. The number of aliphatic hydroxyl groups is 4. The summed E-state index contributed by atoms with van der Waals surface area (Å²) in [6, 6.07) is 18.4. The normalized spacial score (nSPS) is 14.4. The van der Waals surface area contributed by atoms with E-state index in [0.29, 0.717) is 54.4 Å². The Bertz CT molecular complexity index is 1220. The average Bonchev–Trinajstić information content (AvgIpc) is 3.21. The number of carbonyl (C=O) groups excluding carboxylic acids is 1. The number of aliphatic hydroxyl groups excluding tert-OH is 4. The molecule has 37 heavy (non-hydrogen) atoms. The van der Waals surface area contributed by atoms with E-state index in [-0.39, 0.29) is 26.4 Å². The zero-order valence-corrected chi connectivity index (χ0v) is 20.3. The van der Waals surface area contributed by atoms with E-state index in [4.69, 9.17) is 9.47 Å². The van der Waals surface area contributed by atoms with Crippen molar-refractivity contribution in [3.8, 4) is 11.5 Å². The number of rotatable bonds is 10. The van der Waals surface area contributed by atoms with Crippen LogP contribution < -0.4 is 14.5 Å². The van der Waals surface area contributed by atoms with Gasteiger partial charge < -0.3 is 39.7 Å². The van der Waals surface area contributed by atoms with Crippen LogP contribution in [0.4, 0.5) is 11.4 Å². The topological polar surface area (TPSA) is 123 Å². The van der Waals surface area contributed by atoms with Gasteiger partial charge in [-0.05, 0) is 30.3 Å². The maximum absolute atomic E-state index is 13.1. The molecule has 0 atom stereocenters. The first-order chi connectivity index (χ1) is 18.1. The van der Waals surface area contributed by atoms with Gasteiger partial charge in [0.1, 0.15) is 11.5 Å². The van der Waals surface area contributed by atoms with E-state index in [2.05, 4.69) is 0 Å². The maximum Gasteiger partial charge on any atom is 0.340 e. The molecule has 3 aromatic carbocycles. The maximum atomic E-state index is 13.1. The largest absolute Gasteiger partial charge is 0.456 e. The van der Waals surface area contributed by atoms with Crippen molar-refractivity contribution in [3.63, 3.8) is 0 Å². The minimum absolute atomic E-state index is 0.0788. The smallest absolute Gasteiger partial charge is 0.340 e. The summed E-state index contributed by atoms with van der Waals surface area (Å²) in [5, 5.41) is 38.1. The zero-order chi connectivity index (χ0) is 26.0. The lowest BCUT2D eigenvalue weighted by Crippen LogP contribution is -2.34. The van der Waals surface area contributed by atoms with Crippen LogP contribution in [0.5, 0.6) is 11.5 Å². The molecule has 194 valence electrons. The van der Waals surface area contributed by atoms with Crippen LogP contribution in [0.15, 0.2) is 60.7 Å². The van der Waals surface area contributed by atoms with Crippen molar-refractivity contribution in [2.24, 2.45) is 0 Å². The van der Waals surface area contributed by atoms with E-state index in [1.54, 1.807) is 12.1 Å². The third-order valence-electron chi connectivity index (χ3n) is 6.89. The standard InChI is InChI=1S/C28H30N2O7/c31-13-9-29(10-14-32)19-5-7-23-25(17-19)36-26-18-20(30(11-15-33)12-16-34)6-8-24(26)28(23)22-4-2-1-3-21(22)27(35)37-28/h1-8,17-18,31-34H,9-16H2. The molecule has 5 rings (SSSR count). The number of fused-ring (bicyclic) bond motifs is 6. The van der Waals surface area contributed by atoms with Gasteiger partial charge in [-0.25, -0.2) is 4.79 Å². The molecule has 0 aromatic heterocycles. The van der Waals surface area contributed by atoms with Crippen LogP contribution in [0, 0.1) is 0 Å². The Morgan fingerprint density at radius 1 is 0.649 bits per heavy atom. The number of nitrogens with zero attached hydrogens (tertiary/aromatic N) is 2. The van der Waals surface area contributed by atoms with E-state index in [0.717, 1.165) is 16.9 Å². The highest BCUT2D eigenvalue weighted by Gasteiger charge is 2.53. The van der Waals surface area contributed by atoms with Crippen LogP contribution in [0.25, 0.3) is 0 Å². The van der Waals surface area contributed by atoms with E-state index in [1.165, 1.54) is 0 Å². The van der Waals surface area contributed by atoms with E-state index in [1.807, 2.05) is 58.3 Å². The van der Waals surface area contributed by atoms with Crippen LogP contribution in [-0.2, 0) is 10.3 Å².